The summed E-state index contributed by atoms with van der Waals surface area (Å²) < 4.78 is 7.26. The van der Waals surface area contributed by atoms with Gasteiger partial charge in [-0.1, -0.05) is 0 Å². The van der Waals surface area contributed by atoms with Crippen molar-refractivity contribution in [1.29, 1.82) is 0 Å². The fraction of sp³-hybridized carbons (Fsp3) is 0.417. The van der Waals surface area contributed by atoms with Crippen LogP contribution in [0.15, 0.2) is 18.5 Å². The minimum atomic E-state index is -0.428. The van der Waals surface area contributed by atoms with Crippen molar-refractivity contribution in [2.24, 2.45) is 0 Å². The zero-order valence-electron chi connectivity index (χ0n) is 10.6. The molecule has 0 N–H and O–H groups in total. The highest BCUT2D eigenvalue weighted by molar-refractivity contribution is 5.86. The zero-order chi connectivity index (χ0) is 13.3. The molecule has 0 aliphatic carbocycles. The fourth-order valence-corrected chi connectivity index (χ4v) is 1.89. The first kappa shape index (κ1) is 12.3. The van der Waals surface area contributed by atoms with Crippen LogP contribution in [0.4, 0.5) is 5.69 Å². The van der Waals surface area contributed by atoms with Crippen LogP contribution in [0.5, 0.6) is 5.75 Å². The van der Waals surface area contributed by atoms with Gasteiger partial charge in [0.1, 0.15) is 5.75 Å². The third-order valence-electron chi connectivity index (χ3n) is 2.70. The van der Waals surface area contributed by atoms with E-state index in [2.05, 4.69) is 4.98 Å². The summed E-state index contributed by atoms with van der Waals surface area (Å²) in [5.41, 5.74) is 1.11. The van der Waals surface area contributed by atoms with Gasteiger partial charge in [-0.2, -0.15) is 0 Å². The van der Waals surface area contributed by atoms with E-state index in [1.165, 1.54) is 6.07 Å². The van der Waals surface area contributed by atoms with Crippen LogP contribution in [-0.4, -0.2) is 21.1 Å². The molecule has 96 valence electrons. The maximum atomic E-state index is 11.1. The van der Waals surface area contributed by atoms with Gasteiger partial charge in [-0.15, -0.1) is 0 Å². The summed E-state index contributed by atoms with van der Waals surface area (Å²) in [6.45, 7) is 6.31. The standard InChI is InChI=1S/C12H15N3O3/c1-4-18-9-5-10-12(11(6-9)15(16)17)13-7-14(10)8(2)3/h5-8H,4H2,1-3H3. The molecule has 6 nitrogen and oxygen atoms in total. The summed E-state index contributed by atoms with van der Waals surface area (Å²) in [4.78, 5) is 14.8. The molecule has 0 fully saturated rings. The molecule has 2 rings (SSSR count). The smallest absolute Gasteiger partial charge is 0.300 e. The summed E-state index contributed by atoms with van der Waals surface area (Å²) in [6.07, 6.45) is 1.62. The lowest BCUT2D eigenvalue weighted by molar-refractivity contribution is -0.383. The summed E-state index contributed by atoms with van der Waals surface area (Å²) in [6, 6.07) is 3.40. The van der Waals surface area contributed by atoms with Gasteiger partial charge in [0.25, 0.3) is 0 Å². The van der Waals surface area contributed by atoms with E-state index >= 15 is 0 Å². The number of rotatable bonds is 4. The van der Waals surface area contributed by atoms with Gasteiger partial charge in [0.15, 0.2) is 5.52 Å². The molecule has 1 aromatic carbocycles. The average molecular weight is 249 g/mol. The molecule has 0 amide bonds. The number of aromatic nitrogens is 2. The quantitative estimate of drug-likeness (QED) is 0.617. The summed E-state index contributed by atoms with van der Waals surface area (Å²) in [7, 11) is 0. The molecule has 0 aliphatic rings. The SMILES string of the molecule is CCOc1cc([N+](=O)[O-])c2ncn(C(C)C)c2c1. The molecule has 0 bridgehead atoms. The third-order valence-corrected chi connectivity index (χ3v) is 2.70. The lowest BCUT2D eigenvalue weighted by atomic mass is 10.2. The highest BCUT2D eigenvalue weighted by atomic mass is 16.6. The van der Waals surface area contributed by atoms with E-state index in [4.69, 9.17) is 4.74 Å². The largest absolute Gasteiger partial charge is 0.494 e. The molecule has 0 spiro atoms. The number of fused-ring (bicyclic) bond motifs is 1. The van der Waals surface area contributed by atoms with Gasteiger partial charge in [0.05, 0.1) is 29.4 Å². The normalized spacial score (nSPS) is 11.1. The Morgan fingerprint density at radius 2 is 2.22 bits per heavy atom. The summed E-state index contributed by atoms with van der Waals surface area (Å²) in [5, 5.41) is 11.1. The minimum Gasteiger partial charge on any atom is -0.494 e. The first-order valence-corrected chi connectivity index (χ1v) is 5.82. The predicted molar refractivity (Wildman–Crippen MR) is 67.9 cm³/mol. The zero-order valence-corrected chi connectivity index (χ0v) is 10.6. The second-order valence-electron chi connectivity index (χ2n) is 4.25. The fourth-order valence-electron chi connectivity index (χ4n) is 1.89. The minimum absolute atomic E-state index is 0.0182. The van der Waals surface area contributed by atoms with Gasteiger partial charge in [-0.3, -0.25) is 10.1 Å². The Balaban J connectivity index is 2.71. The Morgan fingerprint density at radius 3 is 2.78 bits per heavy atom. The lowest BCUT2D eigenvalue weighted by Crippen LogP contribution is -2.00. The number of ether oxygens (including phenoxy) is 1. The molecule has 0 aliphatic heterocycles. The van der Waals surface area contributed by atoms with Crippen molar-refractivity contribution < 1.29 is 9.66 Å². The highest BCUT2D eigenvalue weighted by Crippen LogP contribution is 2.31. The average Bonchev–Trinajstić information content (AvgIpc) is 2.71. The van der Waals surface area contributed by atoms with Crippen molar-refractivity contribution >= 4 is 16.7 Å². The van der Waals surface area contributed by atoms with E-state index in [1.54, 1.807) is 12.4 Å². The van der Waals surface area contributed by atoms with Gasteiger partial charge in [0, 0.05) is 12.1 Å². The molecule has 0 atom stereocenters. The number of nitro groups is 1. The second kappa shape index (κ2) is 4.64. The van der Waals surface area contributed by atoms with Crippen molar-refractivity contribution in [3.8, 4) is 5.75 Å². The maximum Gasteiger partial charge on any atom is 0.300 e. The number of nitro benzene ring substituents is 1. The second-order valence-corrected chi connectivity index (χ2v) is 4.25. The molecule has 0 radical (unpaired) electrons. The molecule has 0 saturated carbocycles. The molecule has 0 unspecified atom stereocenters. The van der Waals surface area contributed by atoms with Crippen LogP contribution in [0, 0.1) is 10.1 Å². The number of hydrogen-bond donors (Lipinski definition) is 0. The number of benzene rings is 1. The van der Waals surface area contributed by atoms with Crippen molar-refractivity contribution in [3.05, 3.63) is 28.6 Å². The van der Waals surface area contributed by atoms with Gasteiger partial charge >= 0.3 is 5.69 Å². The van der Waals surface area contributed by atoms with E-state index in [0.29, 0.717) is 17.9 Å². The van der Waals surface area contributed by atoms with Crippen LogP contribution in [0.25, 0.3) is 11.0 Å². The van der Waals surface area contributed by atoms with Gasteiger partial charge < -0.3 is 9.30 Å². The van der Waals surface area contributed by atoms with Gasteiger partial charge in [-0.25, -0.2) is 4.98 Å². The molecule has 0 saturated heterocycles. The molecule has 6 heteroatoms. The maximum absolute atomic E-state index is 11.1. The molecule has 2 aromatic rings. The van der Waals surface area contributed by atoms with Crippen LogP contribution < -0.4 is 4.74 Å². The molecular weight excluding hydrogens is 234 g/mol. The first-order chi connectivity index (χ1) is 8.54. The van der Waals surface area contributed by atoms with E-state index < -0.39 is 4.92 Å². The molecule has 18 heavy (non-hydrogen) atoms. The van der Waals surface area contributed by atoms with E-state index in [1.807, 2.05) is 25.3 Å². The predicted octanol–water partition coefficient (Wildman–Crippen LogP) is 2.92. The summed E-state index contributed by atoms with van der Waals surface area (Å²) >= 11 is 0. The molecule has 1 heterocycles. The van der Waals surface area contributed by atoms with Crippen LogP contribution in [0.3, 0.4) is 0 Å². The number of non-ortho nitro benzene ring substituents is 1. The number of hydrogen-bond acceptors (Lipinski definition) is 4. The van der Waals surface area contributed by atoms with E-state index in [0.717, 1.165) is 5.52 Å². The highest BCUT2D eigenvalue weighted by Gasteiger charge is 2.19. The Kier molecular flexibility index (Phi) is 3.18. The van der Waals surface area contributed by atoms with Crippen molar-refractivity contribution in [2.45, 2.75) is 26.8 Å². The number of imidazole rings is 1. The van der Waals surface area contributed by atoms with E-state index in [9.17, 15) is 10.1 Å². The molecular formula is C12H15N3O3. The number of nitrogens with zero attached hydrogens (tertiary/aromatic N) is 3. The third kappa shape index (κ3) is 2.01. The van der Waals surface area contributed by atoms with Crippen LogP contribution in [-0.2, 0) is 0 Å². The van der Waals surface area contributed by atoms with Crippen molar-refractivity contribution in [3.63, 3.8) is 0 Å². The van der Waals surface area contributed by atoms with Crippen LogP contribution >= 0.6 is 0 Å². The van der Waals surface area contributed by atoms with E-state index in [-0.39, 0.29) is 11.7 Å². The monoisotopic (exact) mass is 249 g/mol. The van der Waals surface area contributed by atoms with Crippen LogP contribution in [0.2, 0.25) is 0 Å². The van der Waals surface area contributed by atoms with Gasteiger partial charge in [-0.05, 0) is 20.8 Å². The van der Waals surface area contributed by atoms with Crippen molar-refractivity contribution in [2.75, 3.05) is 6.61 Å². The Morgan fingerprint density at radius 1 is 1.50 bits per heavy atom. The molecule has 1 aromatic heterocycles. The topological polar surface area (TPSA) is 70.2 Å². The summed E-state index contributed by atoms with van der Waals surface area (Å²) in [5.74, 6) is 0.499. The van der Waals surface area contributed by atoms with Crippen LogP contribution in [0.1, 0.15) is 26.8 Å². The van der Waals surface area contributed by atoms with Gasteiger partial charge in [0.2, 0.25) is 0 Å². The lowest BCUT2D eigenvalue weighted by Gasteiger charge is -2.09. The first-order valence-electron chi connectivity index (χ1n) is 5.82. The Labute approximate surface area is 104 Å². The van der Waals surface area contributed by atoms with Crippen molar-refractivity contribution in [1.82, 2.24) is 9.55 Å². The Bertz CT molecular complexity index is 590. The Hall–Kier alpha value is -2.11.